The zero-order valence-corrected chi connectivity index (χ0v) is 18.0. The lowest BCUT2D eigenvalue weighted by molar-refractivity contribution is -0.115. The maximum absolute atomic E-state index is 13.8. The molecule has 0 atom stereocenters. The van der Waals surface area contributed by atoms with Crippen LogP contribution in [0.25, 0.3) is 16.9 Å². The molecule has 0 unspecified atom stereocenters. The lowest BCUT2D eigenvalue weighted by Crippen LogP contribution is -2.33. The third-order valence-electron chi connectivity index (χ3n) is 5.10. The van der Waals surface area contributed by atoms with Crippen molar-refractivity contribution in [1.82, 2.24) is 15.1 Å². The standard InChI is InChI=1S/C25H19F3N4O2/c1-15-7-5-6-10-17(15)24-18(14-32(31-24)16-8-3-2-4-9-16)25(34)29-13-21(33)30-20-12-11-19(26)22(27)23(20)28/h2-12,14H,13H2,1H3,(H,29,34)(H,30,33). The summed E-state index contributed by atoms with van der Waals surface area (Å²) in [5.74, 6) is -5.99. The van der Waals surface area contributed by atoms with E-state index in [1.54, 1.807) is 10.9 Å². The molecule has 0 fully saturated rings. The SMILES string of the molecule is Cc1ccccc1-c1nn(-c2ccccc2)cc1C(=O)NCC(=O)Nc1ccc(F)c(F)c1F. The van der Waals surface area contributed by atoms with Gasteiger partial charge in [0.05, 0.1) is 23.5 Å². The zero-order chi connectivity index (χ0) is 24.2. The molecular weight excluding hydrogens is 445 g/mol. The minimum absolute atomic E-state index is 0.227. The van der Waals surface area contributed by atoms with Crippen LogP contribution in [0.2, 0.25) is 0 Å². The van der Waals surface area contributed by atoms with E-state index in [2.05, 4.69) is 15.7 Å². The molecule has 1 aromatic heterocycles. The maximum atomic E-state index is 13.8. The van der Waals surface area contributed by atoms with Crippen LogP contribution in [-0.4, -0.2) is 28.1 Å². The first kappa shape index (κ1) is 22.8. The average molecular weight is 464 g/mol. The van der Waals surface area contributed by atoms with E-state index in [1.165, 1.54) is 0 Å². The summed E-state index contributed by atoms with van der Waals surface area (Å²) in [5, 5.41) is 9.17. The first-order valence-corrected chi connectivity index (χ1v) is 10.3. The molecule has 6 nitrogen and oxygen atoms in total. The number of nitrogens with one attached hydrogen (secondary N) is 2. The van der Waals surface area contributed by atoms with Gasteiger partial charge < -0.3 is 10.6 Å². The molecule has 3 aromatic carbocycles. The third kappa shape index (κ3) is 4.68. The second kappa shape index (κ2) is 9.62. The number of anilines is 1. The van der Waals surface area contributed by atoms with Crippen molar-refractivity contribution in [3.8, 4) is 16.9 Å². The Bertz CT molecular complexity index is 1370. The Kier molecular flexibility index (Phi) is 6.44. The monoisotopic (exact) mass is 464 g/mol. The van der Waals surface area contributed by atoms with E-state index < -0.39 is 41.5 Å². The number of hydrogen-bond donors (Lipinski definition) is 2. The first-order valence-electron chi connectivity index (χ1n) is 10.3. The van der Waals surface area contributed by atoms with Crippen LogP contribution >= 0.6 is 0 Å². The number of nitrogens with zero attached hydrogens (tertiary/aromatic N) is 2. The Morgan fingerprint density at radius 2 is 1.62 bits per heavy atom. The molecule has 34 heavy (non-hydrogen) atoms. The van der Waals surface area contributed by atoms with Crippen molar-refractivity contribution < 1.29 is 22.8 Å². The van der Waals surface area contributed by atoms with Gasteiger partial charge in [-0.1, -0.05) is 42.5 Å². The van der Waals surface area contributed by atoms with Gasteiger partial charge in [0.1, 0.15) is 5.69 Å². The molecule has 9 heteroatoms. The molecule has 0 aliphatic heterocycles. The summed E-state index contributed by atoms with van der Waals surface area (Å²) in [4.78, 5) is 25.2. The summed E-state index contributed by atoms with van der Waals surface area (Å²) in [7, 11) is 0. The normalized spacial score (nSPS) is 10.7. The molecule has 2 amide bonds. The fourth-order valence-electron chi connectivity index (χ4n) is 3.36. The molecule has 0 bridgehead atoms. The summed E-state index contributed by atoms with van der Waals surface area (Å²) in [6.07, 6.45) is 1.55. The quantitative estimate of drug-likeness (QED) is 0.409. The predicted molar refractivity (Wildman–Crippen MR) is 121 cm³/mol. The number of carbonyl (C=O) groups is 2. The summed E-state index contributed by atoms with van der Waals surface area (Å²) in [6, 6.07) is 18.2. The van der Waals surface area contributed by atoms with Crippen molar-refractivity contribution in [2.45, 2.75) is 6.92 Å². The van der Waals surface area contributed by atoms with Crippen LogP contribution in [0.4, 0.5) is 18.9 Å². The van der Waals surface area contributed by atoms with Crippen LogP contribution in [0.3, 0.4) is 0 Å². The molecule has 4 aromatic rings. The van der Waals surface area contributed by atoms with Gasteiger partial charge in [0.2, 0.25) is 5.91 Å². The van der Waals surface area contributed by atoms with Crippen LogP contribution in [0.15, 0.2) is 72.9 Å². The highest BCUT2D eigenvalue weighted by Crippen LogP contribution is 2.26. The Hall–Kier alpha value is -4.40. The van der Waals surface area contributed by atoms with Gasteiger partial charge in [0.25, 0.3) is 5.91 Å². The Morgan fingerprint density at radius 1 is 0.912 bits per heavy atom. The number of para-hydroxylation sites is 1. The van der Waals surface area contributed by atoms with Crippen molar-refractivity contribution in [1.29, 1.82) is 0 Å². The van der Waals surface area contributed by atoms with E-state index in [0.717, 1.165) is 22.9 Å². The van der Waals surface area contributed by atoms with Gasteiger partial charge in [-0.2, -0.15) is 5.10 Å². The lowest BCUT2D eigenvalue weighted by atomic mass is 10.0. The van der Waals surface area contributed by atoms with Crippen LogP contribution in [-0.2, 0) is 4.79 Å². The van der Waals surface area contributed by atoms with Crippen molar-refractivity contribution in [3.63, 3.8) is 0 Å². The third-order valence-corrected chi connectivity index (χ3v) is 5.10. The molecule has 0 radical (unpaired) electrons. The first-order chi connectivity index (χ1) is 16.3. The number of aryl methyl sites for hydroxylation is 1. The van der Waals surface area contributed by atoms with Gasteiger partial charge in [0.15, 0.2) is 17.5 Å². The summed E-state index contributed by atoms with van der Waals surface area (Å²) >= 11 is 0. The smallest absolute Gasteiger partial charge is 0.255 e. The van der Waals surface area contributed by atoms with Crippen molar-refractivity contribution in [3.05, 3.63) is 102 Å². The zero-order valence-electron chi connectivity index (χ0n) is 18.0. The summed E-state index contributed by atoms with van der Waals surface area (Å²) < 4.78 is 41.8. The Morgan fingerprint density at radius 3 is 2.35 bits per heavy atom. The van der Waals surface area contributed by atoms with Crippen molar-refractivity contribution in [2.24, 2.45) is 0 Å². The van der Waals surface area contributed by atoms with E-state index in [9.17, 15) is 22.8 Å². The number of benzene rings is 3. The number of aromatic nitrogens is 2. The average Bonchev–Trinajstić information content (AvgIpc) is 3.29. The van der Waals surface area contributed by atoms with Crippen LogP contribution < -0.4 is 10.6 Å². The number of amides is 2. The molecule has 0 saturated heterocycles. The van der Waals surface area contributed by atoms with E-state index in [1.807, 2.05) is 61.5 Å². The number of hydrogen-bond acceptors (Lipinski definition) is 3. The van der Waals surface area contributed by atoms with Crippen molar-refractivity contribution >= 4 is 17.5 Å². The maximum Gasteiger partial charge on any atom is 0.255 e. The minimum atomic E-state index is -1.70. The number of rotatable bonds is 6. The molecular formula is C25H19F3N4O2. The van der Waals surface area contributed by atoms with Crippen LogP contribution in [0.1, 0.15) is 15.9 Å². The molecule has 0 spiro atoms. The highest BCUT2D eigenvalue weighted by Gasteiger charge is 2.21. The molecule has 0 saturated carbocycles. The van der Waals surface area contributed by atoms with Gasteiger partial charge in [-0.05, 0) is 36.8 Å². The summed E-state index contributed by atoms with van der Waals surface area (Å²) in [5.41, 5.74) is 2.51. The van der Waals surface area contributed by atoms with E-state index in [4.69, 9.17) is 0 Å². The van der Waals surface area contributed by atoms with Gasteiger partial charge in [-0.3, -0.25) is 9.59 Å². The van der Waals surface area contributed by atoms with E-state index in [0.29, 0.717) is 11.8 Å². The predicted octanol–water partition coefficient (Wildman–Crippen LogP) is 4.63. The molecule has 1 heterocycles. The molecule has 0 aliphatic carbocycles. The minimum Gasteiger partial charge on any atom is -0.343 e. The highest BCUT2D eigenvalue weighted by atomic mass is 19.2. The number of halogens is 3. The Balaban J connectivity index is 1.56. The lowest BCUT2D eigenvalue weighted by Gasteiger charge is -2.09. The van der Waals surface area contributed by atoms with Gasteiger partial charge >= 0.3 is 0 Å². The second-order valence-electron chi connectivity index (χ2n) is 7.44. The molecule has 4 rings (SSSR count). The van der Waals surface area contributed by atoms with Gasteiger partial charge in [0, 0.05) is 11.8 Å². The fraction of sp³-hybridized carbons (Fsp3) is 0.0800. The Labute approximate surface area is 193 Å². The highest BCUT2D eigenvalue weighted by molar-refractivity contribution is 6.03. The molecule has 2 N–H and O–H groups in total. The molecule has 172 valence electrons. The van der Waals surface area contributed by atoms with Gasteiger partial charge in [-0.15, -0.1) is 0 Å². The van der Waals surface area contributed by atoms with Crippen molar-refractivity contribution in [2.75, 3.05) is 11.9 Å². The second-order valence-corrected chi connectivity index (χ2v) is 7.44. The topological polar surface area (TPSA) is 76.0 Å². The molecule has 0 aliphatic rings. The van der Waals surface area contributed by atoms with Crippen LogP contribution in [0, 0.1) is 24.4 Å². The summed E-state index contributed by atoms with van der Waals surface area (Å²) in [6.45, 7) is 1.36. The number of carbonyl (C=O) groups excluding carboxylic acids is 2. The largest absolute Gasteiger partial charge is 0.343 e. The van der Waals surface area contributed by atoms with Gasteiger partial charge in [-0.25, -0.2) is 17.9 Å². The van der Waals surface area contributed by atoms with E-state index in [-0.39, 0.29) is 5.56 Å². The van der Waals surface area contributed by atoms with E-state index >= 15 is 0 Å². The van der Waals surface area contributed by atoms with Crippen LogP contribution in [0.5, 0.6) is 0 Å². The fourth-order valence-corrected chi connectivity index (χ4v) is 3.36.